The van der Waals surface area contributed by atoms with Crippen LogP contribution in [0.15, 0.2) is 67.1 Å². The molecule has 4 aromatic rings. The molecule has 5 nitrogen and oxygen atoms in total. The van der Waals surface area contributed by atoms with Crippen molar-refractivity contribution < 1.29 is 9.84 Å². The minimum Gasteiger partial charge on any atom is -0.494 e. The van der Waals surface area contributed by atoms with Gasteiger partial charge in [0.25, 0.3) is 0 Å². The van der Waals surface area contributed by atoms with Crippen LogP contribution in [-0.4, -0.2) is 32.9 Å². The van der Waals surface area contributed by atoms with E-state index in [1.807, 2.05) is 65.4 Å². The summed E-state index contributed by atoms with van der Waals surface area (Å²) in [7, 11) is 0. The summed E-state index contributed by atoms with van der Waals surface area (Å²) in [5.41, 5.74) is 3.73. The van der Waals surface area contributed by atoms with Crippen molar-refractivity contribution in [2.75, 3.05) is 13.2 Å². The van der Waals surface area contributed by atoms with Gasteiger partial charge in [0.05, 0.1) is 12.0 Å². The molecule has 0 aliphatic heterocycles. The Hall–Kier alpha value is -2.89. The number of hydrogen-bond donors (Lipinski definition) is 1. The quantitative estimate of drug-likeness (QED) is 0.395. The molecule has 0 atom stereocenters. The number of benzene rings is 2. The van der Waals surface area contributed by atoms with Crippen LogP contribution in [0.4, 0.5) is 0 Å². The standard InChI is InChI=1S/C21H18ClN3O2/c22-20-19-18(15-7-9-17(10-8-15)27-12-4-11-26)13-25(21(19)24-14-23-20)16-5-2-1-3-6-16/h1-3,5-10,13-14,26H,4,11-12H2. The first kappa shape index (κ1) is 17.5. The lowest BCUT2D eigenvalue weighted by molar-refractivity contribution is 0.233. The van der Waals surface area contributed by atoms with Crippen LogP contribution in [0.5, 0.6) is 5.75 Å². The molecule has 4 rings (SSSR count). The zero-order valence-corrected chi connectivity index (χ0v) is 15.3. The fraction of sp³-hybridized carbons (Fsp3) is 0.143. The number of rotatable bonds is 6. The molecule has 0 aliphatic carbocycles. The summed E-state index contributed by atoms with van der Waals surface area (Å²) >= 11 is 6.42. The second-order valence-corrected chi connectivity index (χ2v) is 6.42. The highest BCUT2D eigenvalue weighted by Crippen LogP contribution is 2.35. The van der Waals surface area contributed by atoms with Crippen LogP contribution in [0.25, 0.3) is 27.8 Å². The molecular weight excluding hydrogens is 362 g/mol. The maximum atomic E-state index is 8.85. The highest BCUT2D eigenvalue weighted by Gasteiger charge is 2.16. The molecule has 0 unspecified atom stereocenters. The van der Waals surface area contributed by atoms with E-state index in [1.165, 1.54) is 6.33 Å². The molecule has 0 bridgehead atoms. The number of nitrogens with zero attached hydrogens (tertiary/aromatic N) is 3. The molecule has 0 fully saturated rings. The third-order valence-electron chi connectivity index (χ3n) is 4.31. The Bertz CT molecular complexity index is 1050. The summed E-state index contributed by atoms with van der Waals surface area (Å²) in [6.45, 7) is 0.610. The summed E-state index contributed by atoms with van der Waals surface area (Å²) in [6.07, 6.45) is 4.12. The average Bonchev–Trinajstić information content (AvgIpc) is 3.10. The highest BCUT2D eigenvalue weighted by atomic mass is 35.5. The van der Waals surface area contributed by atoms with Gasteiger partial charge >= 0.3 is 0 Å². The van der Waals surface area contributed by atoms with Gasteiger partial charge in [-0.05, 0) is 29.8 Å². The van der Waals surface area contributed by atoms with Gasteiger partial charge in [0, 0.05) is 30.5 Å². The second-order valence-electron chi connectivity index (χ2n) is 6.06. The maximum absolute atomic E-state index is 8.85. The van der Waals surface area contributed by atoms with Crippen molar-refractivity contribution >= 4 is 22.6 Å². The van der Waals surface area contributed by atoms with Crippen LogP contribution < -0.4 is 4.74 Å². The van der Waals surface area contributed by atoms with Gasteiger partial charge in [-0.1, -0.05) is 41.9 Å². The largest absolute Gasteiger partial charge is 0.494 e. The van der Waals surface area contributed by atoms with Gasteiger partial charge in [-0.15, -0.1) is 0 Å². The molecule has 0 spiro atoms. The predicted molar refractivity (Wildman–Crippen MR) is 107 cm³/mol. The summed E-state index contributed by atoms with van der Waals surface area (Å²) in [5, 5.41) is 10.1. The molecule has 2 aromatic carbocycles. The van der Waals surface area contributed by atoms with E-state index in [2.05, 4.69) is 9.97 Å². The Balaban J connectivity index is 1.78. The summed E-state index contributed by atoms with van der Waals surface area (Å²) in [4.78, 5) is 8.61. The Morgan fingerprint density at radius 2 is 1.78 bits per heavy atom. The van der Waals surface area contributed by atoms with E-state index in [0.717, 1.165) is 33.6 Å². The first-order chi connectivity index (χ1) is 13.3. The topological polar surface area (TPSA) is 60.2 Å². The fourth-order valence-electron chi connectivity index (χ4n) is 3.01. The van der Waals surface area contributed by atoms with Crippen LogP contribution in [0.3, 0.4) is 0 Å². The molecule has 2 heterocycles. The number of aromatic nitrogens is 3. The number of halogens is 1. The number of ether oxygens (including phenoxy) is 1. The zero-order valence-electron chi connectivity index (χ0n) is 14.5. The molecule has 0 radical (unpaired) electrons. The average molecular weight is 380 g/mol. The third-order valence-corrected chi connectivity index (χ3v) is 4.59. The van der Waals surface area contributed by atoms with E-state index >= 15 is 0 Å². The molecule has 0 aliphatic rings. The third kappa shape index (κ3) is 3.52. The number of fused-ring (bicyclic) bond motifs is 1. The van der Waals surface area contributed by atoms with Crippen molar-refractivity contribution in [3.63, 3.8) is 0 Å². The number of aliphatic hydroxyl groups is 1. The maximum Gasteiger partial charge on any atom is 0.150 e. The number of para-hydroxylation sites is 1. The molecular formula is C21H18ClN3O2. The molecule has 0 amide bonds. The van der Waals surface area contributed by atoms with E-state index in [1.54, 1.807) is 0 Å². The van der Waals surface area contributed by atoms with Crippen LogP contribution >= 0.6 is 11.6 Å². The van der Waals surface area contributed by atoms with Crippen LogP contribution in [0, 0.1) is 0 Å². The normalized spacial score (nSPS) is 11.0. The Morgan fingerprint density at radius 1 is 1.00 bits per heavy atom. The van der Waals surface area contributed by atoms with Gasteiger partial charge in [0.1, 0.15) is 22.9 Å². The smallest absolute Gasteiger partial charge is 0.150 e. The SMILES string of the molecule is OCCCOc1ccc(-c2cn(-c3ccccc3)c3ncnc(Cl)c23)cc1. The van der Waals surface area contributed by atoms with Crippen molar-refractivity contribution in [3.8, 4) is 22.6 Å². The van der Waals surface area contributed by atoms with Gasteiger partial charge < -0.3 is 14.4 Å². The van der Waals surface area contributed by atoms with Crippen molar-refractivity contribution in [3.05, 3.63) is 72.3 Å². The fourth-order valence-corrected chi connectivity index (χ4v) is 3.24. The second kappa shape index (κ2) is 7.78. The lowest BCUT2D eigenvalue weighted by atomic mass is 10.1. The van der Waals surface area contributed by atoms with Gasteiger partial charge in [-0.3, -0.25) is 0 Å². The van der Waals surface area contributed by atoms with Crippen molar-refractivity contribution in [1.82, 2.24) is 14.5 Å². The molecule has 136 valence electrons. The van der Waals surface area contributed by atoms with Gasteiger partial charge in [0.2, 0.25) is 0 Å². The monoisotopic (exact) mass is 379 g/mol. The summed E-state index contributed by atoms with van der Waals surface area (Å²) in [6, 6.07) is 17.8. The zero-order chi connectivity index (χ0) is 18.6. The molecule has 0 saturated heterocycles. The van der Waals surface area contributed by atoms with E-state index in [0.29, 0.717) is 18.2 Å². The van der Waals surface area contributed by atoms with Gasteiger partial charge in [-0.25, -0.2) is 9.97 Å². The van der Waals surface area contributed by atoms with E-state index in [4.69, 9.17) is 21.4 Å². The van der Waals surface area contributed by atoms with Gasteiger partial charge in [-0.2, -0.15) is 0 Å². The molecule has 1 N–H and O–H groups in total. The first-order valence-electron chi connectivity index (χ1n) is 8.69. The molecule has 6 heteroatoms. The summed E-state index contributed by atoms with van der Waals surface area (Å²) < 4.78 is 7.62. The van der Waals surface area contributed by atoms with Crippen molar-refractivity contribution in [1.29, 1.82) is 0 Å². The molecule has 27 heavy (non-hydrogen) atoms. The van der Waals surface area contributed by atoms with E-state index < -0.39 is 0 Å². The minimum atomic E-state index is 0.121. The Kier molecular flexibility index (Phi) is 5.05. The molecule has 2 aromatic heterocycles. The first-order valence-corrected chi connectivity index (χ1v) is 9.07. The van der Waals surface area contributed by atoms with Crippen molar-refractivity contribution in [2.24, 2.45) is 0 Å². The number of hydrogen-bond acceptors (Lipinski definition) is 4. The van der Waals surface area contributed by atoms with Crippen LogP contribution in [-0.2, 0) is 0 Å². The van der Waals surface area contributed by atoms with Crippen LogP contribution in [0.2, 0.25) is 5.15 Å². The lowest BCUT2D eigenvalue weighted by Gasteiger charge is -2.06. The van der Waals surface area contributed by atoms with E-state index in [-0.39, 0.29) is 6.61 Å². The van der Waals surface area contributed by atoms with E-state index in [9.17, 15) is 0 Å². The minimum absolute atomic E-state index is 0.121. The Labute approximate surface area is 161 Å². The number of aliphatic hydroxyl groups excluding tert-OH is 1. The van der Waals surface area contributed by atoms with Crippen LogP contribution in [0.1, 0.15) is 6.42 Å². The predicted octanol–water partition coefficient (Wildman–Crippen LogP) is 4.50. The Morgan fingerprint density at radius 3 is 2.52 bits per heavy atom. The van der Waals surface area contributed by atoms with Crippen molar-refractivity contribution in [2.45, 2.75) is 6.42 Å². The highest BCUT2D eigenvalue weighted by molar-refractivity contribution is 6.35. The summed E-state index contributed by atoms with van der Waals surface area (Å²) in [5.74, 6) is 0.765. The lowest BCUT2D eigenvalue weighted by Crippen LogP contribution is -1.99. The van der Waals surface area contributed by atoms with Gasteiger partial charge in [0.15, 0.2) is 0 Å². The molecule has 0 saturated carbocycles.